The standard InChI is InChI=1S/C13H15BrN2O2/c14-9-5-10-2-3-11(6-9)16(10)13(18)8-1-4-12(17)15-7-8/h1,4,7,9-11H,2-3,5-6H2,(H,15,17). The molecule has 2 unspecified atom stereocenters. The predicted octanol–water partition coefficient (Wildman–Crippen LogP) is 1.91. The highest BCUT2D eigenvalue weighted by molar-refractivity contribution is 9.09. The number of halogens is 1. The summed E-state index contributed by atoms with van der Waals surface area (Å²) in [5.74, 6) is 0.0538. The zero-order valence-corrected chi connectivity index (χ0v) is 11.5. The van der Waals surface area contributed by atoms with E-state index in [0.29, 0.717) is 22.5 Å². The number of pyridine rings is 1. The van der Waals surface area contributed by atoms with E-state index in [4.69, 9.17) is 0 Å². The number of nitrogens with zero attached hydrogens (tertiary/aromatic N) is 1. The van der Waals surface area contributed by atoms with Crippen LogP contribution in [-0.4, -0.2) is 32.7 Å². The third-order valence-electron chi connectivity index (χ3n) is 3.94. The van der Waals surface area contributed by atoms with Gasteiger partial charge in [0.2, 0.25) is 5.56 Å². The summed E-state index contributed by atoms with van der Waals surface area (Å²) in [6.07, 6.45) is 5.78. The molecule has 2 aliphatic heterocycles. The third kappa shape index (κ3) is 2.00. The highest BCUT2D eigenvalue weighted by Crippen LogP contribution is 2.39. The van der Waals surface area contributed by atoms with E-state index in [0.717, 1.165) is 25.7 Å². The first-order chi connectivity index (χ1) is 8.65. The fourth-order valence-electron chi connectivity index (χ4n) is 3.13. The minimum atomic E-state index is -0.173. The fourth-order valence-corrected chi connectivity index (χ4v) is 4.00. The average molecular weight is 311 g/mol. The molecule has 0 spiro atoms. The topological polar surface area (TPSA) is 53.2 Å². The van der Waals surface area contributed by atoms with Crippen LogP contribution in [0.4, 0.5) is 0 Å². The van der Waals surface area contributed by atoms with Crippen molar-refractivity contribution in [3.05, 3.63) is 34.2 Å². The van der Waals surface area contributed by atoms with Crippen molar-refractivity contribution in [2.45, 2.75) is 42.6 Å². The first kappa shape index (κ1) is 12.0. The molecule has 2 bridgehead atoms. The summed E-state index contributed by atoms with van der Waals surface area (Å²) in [5.41, 5.74) is 0.410. The van der Waals surface area contributed by atoms with Crippen molar-refractivity contribution in [1.82, 2.24) is 9.88 Å². The molecule has 4 nitrogen and oxygen atoms in total. The molecule has 1 aromatic heterocycles. The lowest BCUT2D eigenvalue weighted by molar-refractivity contribution is 0.0603. The summed E-state index contributed by atoms with van der Waals surface area (Å²) >= 11 is 3.67. The number of fused-ring (bicyclic) bond motifs is 2. The van der Waals surface area contributed by atoms with Crippen LogP contribution in [0.2, 0.25) is 0 Å². The Balaban J connectivity index is 1.85. The summed E-state index contributed by atoms with van der Waals surface area (Å²) < 4.78 is 0. The zero-order valence-electron chi connectivity index (χ0n) is 9.93. The van der Waals surface area contributed by atoms with Crippen molar-refractivity contribution in [2.24, 2.45) is 0 Å². The van der Waals surface area contributed by atoms with Crippen LogP contribution in [0.1, 0.15) is 36.0 Å². The quantitative estimate of drug-likeness (QED) is 0.806. The molecular formula is C13H15BrN2O2. The lowest BCUT2D eigenvalue weighted by Crippen LogP contribution is -2.46. The van der Waals surface area contributed by atoms with Crippen molar-refractivity contribution < 1.29 is 4.79 Å². The Morgan fingerprint density at radius 1 is 1.28 bits per heavy atom. The fraction of sp³-hybridized carbons (Fsp3) is 0.538. The second kappa shape index (κ2) is 4.53. The lowest BCUT2D eigenvalue weighted by Gasteiger charge is -2.37. The zero-order chi connectivity index (χ0) is 12.7. The molecular weight excluding hydrogens is 296 g/mol. The molecule has 0 aliphatic carbocycles. The summed E-state index contributed by atoms with van der Waals surface area (Å²) in [7, 11) is 0. The summed E-state index contributed by atoms with van der Waals surface area (Å²) in [6, 6.07) is 3.73. The van der Waals surface area contributed by atoms with Gasteiger partial charge in [-0.05, 0) is 31.7 Å². The number of piperidine rings is 1. The molecule has 0 radical (unpaired) electrons. The van der Waals surface area contributed by atoms with E-state index in [1.807, 2.05) is 4.90 Å². The van der Waals surface area contributed by atoms with E-state index in [9.17, 15) is 9.59 Å². The first-order valence-electron chi connectivity index (χ1n) is 6.30. The van der Waals surface area contributed by atoms with Gasteiger partial charge in [0.25, 0.3) is 5.91 Å². The number of hydrogen-bond donors (Lipinski definition) is 1. The van der Waals surface area contributed by atoms with Gasteiger partial charge in [-0.3, -0.25) is 9.59 Å². The van der Waals surface area contributed by atoms with Crippen LogP contribution in [0.3, 0.4) is 0 Å². The van der Waals surface area contributed by atoms with E-state index < -0.39 is 0 Å². The van der Waals surface area contributed by atoms with Gasteiger partial charge in [0.1, 0.15) is 0 Å². The lowest BCUT2D eigenvalue weighted by atomic mass is 10.0. The van der Waals surface area contributed by atoms with Gasteiger partial charge < -0.3 is 9.88 Å². The monoisotopic (exact) mass is 310 g/mol. The molecule has 1 N–H and O–H groups in total. The number of aromatic amines is 1. The number of aromatic nitrogens is 1. The van der Waals surface area contributed by atoms with Crippen molar-refractivity contribution in [2.75, 3.05) is 0 Å². The number of nitrogens with one attached hydrogen (secondary N) is 1. The Labute approximate surface area is 114 Å². The van der Waals surface area contributed by atoms with E-state index in [1.54, 1.807) is 6.07 Å². The van der Waals surface area contributed by atoms with Crippen LogP contribution in [0.15, 0.2) is 23.1 Å². The van der Waals surface area contributed by atoms with Gasteiger partial charge in [-0.1, -0.05) is 15.9 Å². The molecule has 18 heavy (non-hydrogen) atoms. The number of carbonyl (C=O) groups excluding carboxylic acids is 1. The van der Waals surface area contributed by atoms with Gasteiger partial charge in [-0.15, -0.1) is 0 Å². The van der Waals surface area contributed by atoms with Crippen molar-refractivity contribution >= 4 is 21.8 Å². The maximum Gasteiger partial charge on any atom is 0.255 e. The van der Waals surface area contributed by atoms with E-state index >= 15 is 0 Å². The van der Waals surface area contributed by atoms with Crippen molar-refractivity contribution in [1.29, 1.82) is 0 Å². The number of hydrogen-bond acceptors (Lipinski definition) is 2. The van der Waals surface area contributed by atoms with E-state index in [1.165, 1.54) is 12.3 Å². The largest absolute Gasteiger partial charge is 0.333 e. The second-order valence-electron chi connectivity index (χ2n) is 5.11. The molecule has 2 aliphatic rings. The molecule has 1 aromatic rings. The Hall–Kier alpha value is -1.10. The summed E-state index contributed by atoms with van der Waals surface area (Å²) in [5, 5.41) is 0. The normalized spacial score (nSPS) is 30.5. The van der Waals surface area contributed by atoms with Gasteiger partial charge in [-0.2, -0.15) is 0 Å². The Morgan fingerprint density at radius 2 is 1.94 bits per heavy atom. The smallest absolute Gasteiger partial charge is 0.255 e. The minimum absolute atomic E-state index is 0.0538. The first-order valence-corrected chi connectivity index (χ1v) is 7.22. The number of H-pyrrole nitrogens is 1. The van der Waals surface area contributed by atoms with E-state index in [2.05, 4.69) is 20.9 Å². The molecule has 5 heteroatoms. The van der Waals surface area contributed by atoms with Crippen molar-refractivity contribution in [3.8, 4) is 0 Å². The van der Waals surface area contributed by atoms with Gasteiger partial charge in [0.15, 0.2) is 0 Å². The molecule has 2 atom stereocenters. The van der Waals surface area contributed by atoms with Crippen molar-refractivity contribution in [3.63, 3.8) is 0 Å². The SMILES string of the molecule is O=C(c1ccc(=O)[nH]c1)N1C2CCC1CC(Br)C2. The molecule has 0 aromatic carbocycles. The highest BCUT2D eigenvalue weighted by Gasteiger charge is 2.42. The minimum Gasteiger partial charge on any atom is -0.333 e. The van der Waals surface area contributed by atoms with Gasteiger partial charge in [0.05, 0.1) is 5.56 Å². The van der Waals surface area contributed by atoms with Gasteiger partial charge in [0, 0.05) is 29.2 Å². The van der Waals surface area contributed by atoms with Crippen LogP contribution in [0.5, 0.6) is 0 Å². The van der Waals surface area contributed by atoms with Gasteiger partial charge in [-0.25, -0.2) is 0 Å². The predicted molar refractivity (Wildman–Crippen MR) is 72.0 cm³/mol. The molecule has 2 fully saturated rings. The number of alkyl halides is 1. The molecule has 0 saturated carbocycles. The molecule has 3 rings (SSSR count). The molecule has 96 valence electrons. The Bertz CT molecular complexity index is 493. The van der Waals surface area contributed by atoms with Gasteiger partial charge >= 0.3 is 0 Å². The van der Waals surface area contributed by atoms with Crippen LogP contribution in [-0.2, 0) is 0 Å². The summed E-state index contributed by atoms with van der Waals surface area (Å²) in [4.78, 5) is 28.6. The average Bonchev–Trinajstić information content (AvgIpc) is 2.62. The van der Waals surface area contributed by atoms with Crippen LogP contribution < -0.4 is 5.56 Å². The maximum atomic E-state index is 12.5. The third-order valence-corrected chi connectivity index (χ3v) is 4.69. The van der Waals surface area contributed by atoms with Crippen LogP contribution >= 0.6 is 15.9 Å². The highest BCUT2D eigenvalue weighted by atomic mass is 79.9. The number of rotatable bonds is 1. The number of carbonyl (C=O) groups is 1. The second-order valence-corrected chi connectivity index (χ2v) is 6.40. The summed E-state index contributed by atoms with van der Waals surface area (Å²) in [6.45, 7) is 0. The van der Waals surface area contributed by atoms with Crippen LogP contribution in [0.25, 0.3) is 0 Å². The molecule has 2 saturated heterocycles. The molecule has 1 amide bonds. The Morgan fingerprint density at radius 3 is 2.50 bits per heavy atom. The number of amides is 1. The van der Waals surface area contributed by atoms with E-state index in [-0.39, 0.29) is 11.5 Å². The van der Waals surface area contributed by atoms with Crippen LogP contribution in [0, 0.1) is 0 Å². The maximum absolute atomic E-state index is 12.5. The Kier molecular flexibility index (Phi) is 3.01. The molecule has 3 heterocycles.